The number of nitrogens with zero attached hydrogens (tertiary/aromatic N) is 2. The average Bonchev–Trinajstić information content (AvgIpc) is 2.63. The van der Waals surface area contributed by atoms with Crippen molar-refractivity contribution in [2.45, 2.75) is 0 Å². The largest absolute Gasteiger partial charge is 0.524 e. The van der Waals surface area contributed by atoms with Crippen molar-refractivity contribution in [3.63, 3.8) is 0 Å². The molecule has 2 rings (SSSR count). The van der Waals surface area contributed by atoms with Crippen molar-refractivity contribution in [2.75, 3.05) is 0 Å². The van der Waals surface area contributed by atoms with Gasteiger partial charge in [-0.1, -0.05) is 12.1 Å². The molecule has 0 bridgehead atoms. The van der Waals surface area contributed by atoms with Crippen LogP contribution in [0.2, 0.25) is 0 Å². The Morgan fingerprint density at radius 1 is 1.35 bits per heavy atom. The van der Waals surface area contributed by atoms with Gasteiger partial charge in [0.1, 0.15) is 11.6 Å². The van der Waals surface area contributed by atoms with Gasteiger partial charge in [-0.15, -0.1) is 0 Å². The number of hydrogen-bond donors (Lipinski definition) is 2. The zero-order chi connectivity index (χ0) is 12.5. The van der Waals surface area contributed by atoms with Crippen molar-refractivity contribution in [1.29, 1.82) is 0 Å². The summed E-state index contributed by atoms with van der Waals surface area (Å²) in [5.74, 6) is 0.684. The smallest absolute Gasteiger partial charge is 0.403 e. The molecular formula is C10H11N2O4P. The minimum absolute atomic E-state index is 0.107. The van der Waals surface area contributed by atoms with Gasteiger partial charge in [-0.2, -0.15) is 0 Å². The van der Waals surface area contributed by atoms with Gasteiger partial charge >= 0.3 is 7.82 Å². The maximum absolute atomic E-state index is 10.9. The molecule has 0 atom stereocenters. The number of phosphoric ester groups is 1. The molecule has 17 heavy (non-hydrogen) atoms. The summed E-state index contributed by atoms with van der Waals surface area (Å²) in [4.78, 5) is 21.8. The summed E-state index contributed by atoms with van der Waals surface area (Å²) in [6.45, 7) is 0. The predicted molar refractivity (Wildman–Crippen MR) is 61.3 cm³/mol. The van der Waals surface area contributed by atoms with E-state index in [4.69, 9.17) is 9.79 Å². The molecule has 0 saturated heterocycles. The molecule has 0 radical (unpaired) electrons. The highest BCUT2D eigenvalue weighted by Gasteiger charge is 2.19. The molecule has 0 fully saturated rings. The molecular weight excluding hydrogens is 243 g/mol. The van der Waals surface area contributed by atoms with E-state index in [0.29, 0.717) is 11.4 Å². The van der Waals surface area contributed by atoms with E-state index in [1.165, 1.54) is 6.07 Å². The van der Waals surface area contributed by atoms with Crippen LogP contribution in [-0.4, -0.2) is 19.3 Å². The monoisotopic (exact) mass is 254 g/mol. The molecule has 0 amide bonds. The van der Waals surface area contributed by atoms with Crippen LogP contribution >= 0.6 is 7.82 Å². The van der Waals surface area contributed by atoms with Crippen molar-refractivity contribution in [3.8, 4) is 17.1 Å². The second-order valence-corrected chi connectivity index (χ2v) is 4.60. The van der Waals surface area contributed by atoms with E-state index in [0.717, 1.165) is 0 Å². The lowest BCUT2D eigenvalue weighted by Gasteiger charge is -2.11. The van der Waals surface area contributed by atoms with Crippen LogP contribution in [0.5, 0.6) is 5.75 Å². The maximum Gasteiger partial charge on any atom is 0.524 e. The third kappa shape index (κ3) is 2.74. The van der Waals surface area contributed by atoms with Crippen molar-refractivity contribution < 1.29 is 18.9 Å². The Kier molecular flexibility index (Phi) is 3.02. The summed E-state index contributed by atoms with van der Waals surface area (Å²) in [7, 11) is -2.78. The fraction of sp³-hybridized carbons (Fsp3) is 0.100. The number of aromatic nitrogens is 2. The lowest BCUT2D eigenvalue weighted by Crippen LogP contribution is -1.96. The lowest BCUT2D eigenvalue weighted by molar-refractivity contribution is 0.283. The molecule has 1 aromatic heterocycles. The van der Waals surface area contributed by atoms with Crippen LogP contribution in [0.3, 0.4) is 0 Å². The topological polar surface area (TPSA) is 84.6 Å². The predicted octanol–water partition coefficient (Wildman–Crippen LogP) is 1.56. The molecule has 0 spiro atoms. The summed E-state index contributed by atoms with van der Waals surface area (Å²) in [6, 6.07) is 6.56. The summed E-state index contributed by atoms with van der Waals surface area (Å²) in [5.41, 5.74) is 0.531. The van der Waals surface area contributed by atoms with Crippen molar-refractivity contribution in [1.82, 2.24) is 9.55 Å². The highest BCUT2D eigenvalue weighted by atomic mass is 31.2. The van der Waals surface area contributed by atoms with Gasteiger partial charge in [0.15, 0.2) is 0 Å². The molecule has 1 heterocycles. The third-order valence-corrected chi connectivity index (χ3v) is 2.60. The van der Waals surface area contributed by atoms with Gasteiger partial charge in [0, 0.05) is 19.4 Å². The standard InChI is InChI=1S/C10H11N2O4P/c1-12-7-6-11-10(12)8-4-2-3-5-9(8)16-17(13,14)15/h2-7H,1H3,(H2,13,14,15). The van der Waals surface area contributed by atoms with Gasteiger partial charge in [0.05, 0.1) is 5.56 Å². The highest BCUT2D eigenvalue weighted by Crippen LogP contribution is 2.41. The fourth-order valence-electron chi connectivity index (χ4n) is 1.48. The molecule has 6 nitrogen and oxygen atoms in total. The quantitative estimate of drug-likeness (QED) is 0.812. The van der Waals surface area contributed by atoms with Crippen molar-refractivity contribution in [2.24, 2.45) is 7.05 Å². The number of hydrogen-bond acceptors (Lipinski definition) is 3. The molecule has 90 valence electrons. The molecule has 0 aliphatic heterocycles. The molecule has 1 aromatic carbocycles. The Morgan fingerprint density at radius 2 is 2.06 bits per heavy atom. The molecule has 7 heteroatoms. The maximum atomic E-state index is 10.9. The molecule has 0 aliphatic carbocycles. The SMILES string of the molecule is Cn1ccnc1-c1ccccc1OP(=O)(O)O. The van der Waals surface area contributed by atoms with Crippen LogP contribution in [0.15, 0.2) is 36.7 Å². The van der Waals surface area contributed by atoms with E-state index in [1.54, 1.807) is 42.2 Å². The highest BCUT2D eigenvalue weighted by molar-refractivity contribution is 7.46. The minimum Gasteiger partial charge on any atom is -0.403 e. The summed E-state index contributed by atoms with van der Waals surface area (Å²) >= 11 is 0. The first-order valence-corrected chi connectivity index (χ1v) is 6.32. The van der Waals surface area contributed by atoms with Gasteiger partial charge < -0.3 is 9.09 Å². The summed E-state index contributed by atoms with van der Waals surface area (Å²) in [5, 5.41) is 0. The van der Waals surface area contributed by atoms with E-state index in [9.17, 15) is 4.57 Å². The second-order valence-electron chi connectivity index (χ2n) is 3.44. The number of imidazole rings is 1. The summed E-state index contributed by atoms with van der Waals surface area (Å²) in [6.07, 6.45) is 3.34. The van der Waals surface area contributed by atoms with Crippen LogP contribution in [-0.2, 0) is 11.6 Å². The Hall–Kier alpha value is -1.62. The Bertz CT molecular complexity index is 575. The Balaban J connectivity index is 2.48. The van der Waals surface area contributed by atoms with E-state index in [1.807, 2.05) is 0 Å². The average molecular weight is 254 g/mol. The fourth-order valence-corrected chi connectivity index (χ4v) is 1.90. The second kappa shape index (κ2) is 4.33. The van der Waals surface area contributed by atoms with E-state index < -0.39 is 7.82 Å². The van der Waals surface area contributed by atoms with Gasteiger partial charge in [-0.25, -0.2) is 9.55 Å². The van der Waals surface area contributed by atoms with Crippen molar-refractivity contribution in [3.05, 3.63) is 36.7 Å². The van der Waals surface area contributed by atoms with Gasteiger partial charge in [-0.05, 0) is 12.1 Å². The number of rotatable bonds is 3. The molecule has 2 N–H and O–H groups in total. The first-order valence-electron chi connectivity index (χ1n) is 4.79. The first-order chi connectivity index (χ1) is 7.97. The van der Waals surface area contributed by atoms with Crippen LogP contribution in [0.4, 0.5) is 0 Å². The summed E-state index contributed by atoms with van der Waals surface area (Å²) < 4.78 is 17.2. The minimum atomic E-state index is -4.57. The molecule has 0 aliphatic rings. The third-order valence-electron chi connectivity index (χ3n) is 2.17. The Morgan fingerprint density at radius 3 is 2.65 bits per heavy atom. The number of benzene rings is 1. The number of aryl methyl sites for hydroxylation is 1. The van der Waals surface area contributed by atoms with Crippen LogP contribution < -0.4 is 4.52 Å². The molecule has 0 unspecified atom stereocenters. The zero-order valence-electron chi connectivity index (χ0n) is 9.02. The van der Waals surface area contributed by atoms with E-state index in [2.05, 4.69) is 9.51 Å². The molecule has 0 saturated carbocycles. The van der Waals surface area contributed by atoms with Crippen LogP contribution in [0.1, 0.15) is 0 Å². The number of phosphoric acid groups is 1. The Labute approximate surface area is 97.7 Å². The van der Waals surface area contributed by atoms with Crippen LogP contribution in [0, 0.1) is 0 Å². The first kappa shape index (κ1) is 11.9. The number of para-hydroxylation sites is 1. The van der Waals surface area contributed by atoms with Crippen molar-refractivity contribution >= 4 is 7.82 Å². The lowest BCUT2D eigenvalue weighted by atomic mass is 10.2. The zero-order valence-corrected chi connectivity index (χ0v) is 9.91. The van der Waals surface area contributed by atoms with E-state index >= 15 is 0 Å². The van der Waals surface area contributed by atoms with Gasteiger partial charge in [0.25, 0.3) is 0 Å². The van der Waals surface area contributed by atoms with E-state index in [-0.39, 0.29) is 5.75 Å². The molecule has 2 aromatic rings. The van der Waals surface area contributed by atoms with Crippen LogP contribution in [0.25, 0.3) is 11.4 Å². The normalized spacial score (nSPS) is 11.5. The van der Waals surface area contributed by atoms with Gasteiger partial charge in [-0.3, -0.25) is 9.79 Å². The van der Waals surface area contributed by atoms with Gasteiger partial charge in [0.2, 0.25) is 0 Å².